The van der Waals surface area contributed by atoms with Crippen LogP contribution in [0.4, 0.5) is 5.69 Å². The van der Waals surface area contributed by atoms with Crippen molar-refractivity contribution in [3.8, 4) is 12.1 Å². The molecule has 1 N–H and O–H groups in total. The van der Waals surface area contributed by atoms with E-state index >= 15 is 0 Å². The highest BCUT2D eigenvalue weighted by atomic mass is 14.9. The quantitative estimate of drug-likeness (QED) is 0.732. The summed E-state index contributed by atoms with van der Waals surface area (Å²) in [5.74, 6) is 0. The standard InChI is InChI=1S/C11H11N3/c12-7-3-4-8-14-11-6-2-1-5-10(11)9-13/h1-2,5-6,14H,3-4,8H2. The van der Waals surface area contributed by atoms with E-state index in [0.29, 0.717) is 12.0 Å². The molecule has 0 saturated heterocycles. The fourth-order valence-corrected chi connectivity index (χ4v) is 1.13. The molecule has 0 unspecified atom stereocenters. The molecule has 0 aliphatic carbocycles. The molecule has 0 saturated carbocycles. The molecular weight excluding hydrogens is 174 g/mol. The van der Waals surface area contributed by atoms with E-state index in [9.17, 15) is 0 Å². The maximum atomic E-state index is 8.78. The van der Waals surface area contributed by atoms with Crippen molar-refractivity contribution < 1.29 is 0 Å². The van der Waals surface area contributed by atoms with Gasteiger partial charge in [-0.05, 0) is 18.6 Å². The topological polar surface area (TPSA) is 59.6 Å². The molecule has 14 heavy (non-hydrogen) atoms. The molecule has 0 amide bonds. The molecule has 0 atom stereocenters. The van der Waals surface area contributed by atoms with E-state index in [-0.39, 0.29) is 0 Å². The van der Waals surface area contributed by atoms with Crippen LogP contribution in [-0.4, -0.2) is 6.54 Å². The summed E-state index contributed by atoms with van der Waals surface area (Å²) in [6.45, 7) is 0.728. The zero-order chi connectivity index (χ0) is 10.2. The summed E-state index contributed by atoms with van der Waals surface area (Å²) in [4.78, 5) is 0. The van der Waals surface area contributed by atoms with Gasteiger partial charge in [0, 0.05) is 13.0 Å². The maximum absolute atomic E-state index is 8.78. The number of unbranched alkanes of at least 4 members (excludes halogenated alkanes) is 1. The first kappa shape index (κ1) is 10.1. The predicted octanol–water partition coefficient (Wildman–Crippen LogP) is 2.27. The number of nitrogens with zero attached hydrogens (tertiary/aromatic N) is 2. The number of nitrogens with one attached hydrogen (secondary N) is 1. The number of rotatable bonds is 4. The molecule has 0 radical (unpaired) electrons. The van der Waals surface area contributed by atoms with Crippen molar-refractivity contribution in [2.75, 3.05) is 11.9 Å². The first-order valence-corrected chi connectivity index (χ1v) is 4.48. The Kier molecular flexibility index (Phi) is 4.04. The second kappa shape index (κ2) is 5.61. The molecule has 0 aromatic heterocycles. The summed E-state index contributed by atoms with van der Waals surface area (Å²) in [7, 11) is 0. The molecule has 1 aromatic rings. The van der Waals surface area contributed by atoms with Crippen LogP contribution in [0.25, 0.3) is 0 Å². The van der Waals surface area contributed by atoms with Gasteiger partial charge in [-0.3, -0.25) is 0 Å². The Morgan fingerprint density at radius 2 is 2.00 bits per heavy atom. The van der Waals surface area contributed by atoms with Crippen molar-refractivity contribution in [3.05, 3.63) is 29.8 Å². The van der Waals surface area contributed by atoms with Crippen LogP contribution in [0.5, 0.6) is 0 Å². The molecule has 1 rings (SSSR count). The van der Waals surface area contributed by atoms with Crippen molar-refractivity contribution >= 4 is 5.69 Å². The molecule has 0 bridgehead atoms. The third kappa shape index (κ3) is 2.80. The number of para-hydroxylation sites is 1. The van der Waals surface area contributed by atoms with Gasteiger partial charge < -0.3 is 5.32 Å². The smallest absolute Gasteiger partial charge is 0.101 e. The molecule has 1 aromatic carbocycles. The molecule has 70 valence electrons. The Morgan fingerprint density at radius 3 is 2.71 bits per heavy atom. The number of benzene rings is 1. The van der Waals surface area contributed by atoms with Crippen LogP contribution >= 0.6 is 0 Å². The lowest BCUT2D eigenvalue weighted by Gasteiger charge is -2.05. The van der Waals surface area contributed by atoms with E-state index in [4.69, 9.17) is 10.5 Å². The Morgan fingerprint density at radius 1 is 1.21 bits per heavy atom. The molecule has 0 fully saturated rings. The summed E-state index contributed by atoms with van der Waals surface area (Å²) in [5, 5.41) is 20.2. The van der Waals surface area contributed by atoms with E-state index in [1.807, 2.05) is 18.2 Å². The lowest BCUT2D eigenvalue weighted by molar-refractivity contribution is 0.897. The van der Waals surface area contributed by atoms with Crippen LogP contribution in [-0.2, 0) is 0 Å². The van der Waals surface area contributed by atoms with Crippen LogP contribution in [0.15, 0.2) is 24.3 Å². The van der Waals surface area contributed by atoms with E-state index in [2.05, 4.69) is 17.5 Å². The molecule has 0 aliphatic rings. The average Bonchev–Trinajstić information content (AvgIpc) is 2.25. The fraction of sp³-hybridized carbons (Fsp3) is 0.273. The van der Waals surface area contributed by atoms with Gasteiger partial charge in [-0.2, -0.15) is 10.5 Å². The van der Waals surface area contributed by atoms with Crippen molar-refractivity contribution in [1.29, 1.82) is 10.5 Å². The lowest BCUT2D eigenvalue weighted by atomic mass is 10.2. The number of hydrogen-bond donors (Lipinski definition) is 1. The monoisotopic (exact) mass is 185 g/mol. The third-order valence-electron chi connectivity index (χ3n) is 1.83. The van der Waals surface area contributed by atoms with Gasteiger partial charge >= 0.3 is 0 Å². The molecule has 0 aliphatic heterocycles. The summed E-state index contributed by atoms with van der Waals surface area (Å²) in [6.07, 6.45) is 1.35. The summed E-state index contributed by atoms with van der Waals surface area (Å²) < 4.78 is 0. The van der Waals surface area contributed by atoms with E-state index in [1.165, 1.54) is 0 Å². The fourth-order valence-electron chi connectivity index (χ4n) is 1.13. The number of nitriles is 2. The lowest BCUT2D eigenvalue weighted by Crippen LogP contribution is -2.02. The Labute approximate surface area is 83.6 Å². The van der Waals surface area contributed by atoms with Crippen LogP contribution in [0.1, 0.15) is 18.4 Å². The van der Waals surface area contributed by atoms with Gasteiger partial charge in [-0.1, -0.05) is 12.1 Å². The average molecular weight is 185 g/mol. The zero-order valence-corrected chi connectivity index (χ0v) is 7.83. The number of hydrogen-bond acceptors (Lipinski definition) is 3. The predicted molar refractivity (Wildman–Crippen MR) is 54.5 cm³/mol. The summed E-state index contributed by atoms with van der Waals surface area (Å²) in [6, 6.07) is 11.5. The molecule has 3 nitrogen and oxygen atoms in total. The number of anilines is 1. The highest BCUT2D eigenvalue weighted by Gasteiger charge is 1.97. The second-order valence-electron chi connectivity index (χ2n) is 2.85. The minimum atomic E-state index is 0.543. The molecule has 0 heterocycles. The van der Waals surface area contributed by atoms with Crippen molar-refractivity contribution in [1.82, 2.24) is 0 Å². The molecule has 0 spiro atoms. The third-order valence-corrected chi connectivity index (χ3v) is 1.83. The SMILES string of the molecule is N#CCCCNc1ccccc1C#N. The van der Waals surface area contributed by atoms with Gasteiger partial charge in [-0.25, -0.2) is 0 Å². The van der Waals surface area contributed by atoms with E-state index in [1.54, 1.807) is 6.07 Å². The summed E-state index contributed by atoms with van der Waals surface area (Å²) >= 11 is 0. The second-order valence-corrected chi connectivity index (χ2v) is 2.85. The Balaban J connectivity index is 2.51. The maximum Gasteiger partial charge on any atom is 0.101 e. The summed E-state index contributed by atoms with van der Waals surface area (Å²) in [5.41, 5.74) is 1.48. The minimum Gasteiger partial charge on any atom is -0.384 e. The normalized spacial score (nSPS) is 8.71. The van der Waals surface area contributed by atoms with Crippen LogP contribution in [0.3, 0.4) is 0 Å². The van der Waals surface area contributed by atoms with Crippen LogP contribution < -0.4 is 5.32 Å². The highest BCUT2D eigenvalue weighted by molar-refractivity contribution is 5.56. The first-order valence-electron chi connectivity index (χ1n) is 4.48. The molecule has 3 heteroatoms. The Hall–Kier alpha value is -2.00. The first-order chi connectivity index (χ1) is 6.88. The van der Waals surface area contributed by atoms with Crippen LogP contribution in [0, 0.1) is 22.7 Å². The van der Waals surface area contributed by atoms with Gasteiger partial charge in [0.05, 0.1) is 17.3 Å². The van der Waals surface area contributed by atoms with Gasteiger partial charge in [0.25, 0.3) is 0 Å². The largest absolute Gasteiger partial charge is 0.384 e. The van der Waals surface area contributed by atoms with Gasteiger partial charge in [0.1, 0.15) is 6.07 Å². The van der Waals surface area contributed by atoms with E-state index < -0.39 is 0 Å². The Bertz CT molecular complexity index is 371. The highest BCUT2D eigenvalue weighted by Crippen LogP contribution is 2.13. The van der Waals surface area contributed by atoms with Crippen molar-refractivity contribution in [2.24, 2.45) is 0 Å². The van der Waals surface area contributed by atoms with Crippen molar-refractivity contribution in [3.63, 3.8) is 0 Å². The van der Waals surface area contributed by atoms with Gasteiger partial charge in [-0.15, -0.1) is 0 Å². The van der Waals surface area contributed by atoms with Gasteiger partial charge in [0.2, 0.25) is 0 Å². The molecular formula is C11H11N3. The van der Waals surface area contributed by atoms with Crippen molar-refractivity contribution in [2.45, 2.75) is 12.8 Å². The minimum absolute atomic E-state index is 0.543. The van der Waals surface area contributed by atoms with Gasteiger partial charge in [0.15, 0.2) is 0 Å². The zero-order valence-electron chi connectivity index (χ0n) is 7.83. The van der Waals surface area contributed by atoms with E-state index in [0.717, 1.165) is 18.7 Å². The van der Waals surface area contributed by atoms with Crippen LogP contribution in [0.2, 0.25) is 0 Å².